The summed E-state index contributed by atoms with van der Waals surface area (Å²) in [6.45, 7) is 18.2. The summed E-state index contributed by atoms with van der Waals surface area (Å²) in [5.74, 6) is 0. The molecule has 3 N–H and O–H groups in total. The van der Waals surface area contributed by atoms with Gasteiger partial charge in [0.15, 0.2) is 0 Å². The summed E-state index contributed by atoms with van der Waals surface area (Å²) in [5.41, 5.74) is -1.12. The molecule has 0 fully saturated rings. The van der Waals surface area contributed by atoms with Gasteiger partial charge in [-0.05, 0) is 57.8 Å². The van der Waals surface area contributed by atoms with Crippen molar-refractivity contribution in [3.63, 3.8) is 0 Å². The number of rotatable bonds is 9. The van der Waals surface area contributed by atoms with Crippen LogP contribution in [0.1, 0.15) is 120 Å². The number of aliphatic hydroxyl groups is 3. The average molecular weight is 438 g/mol. The molecule has 0 unspecified atom stereocenters. The first kappa shape index (κ1) is 33.6. The monoisotopic (exact) mass is 437 g/mol. The molecule has 0 heterocycles. The number of hydrogen-bond donors (Lipinski definition) is 3. The van der Waals surface area contributed by atoms with Gasteiger partial charge in [0.25, 0.3) is 0 Å². The first-order valence-electron chi connectivity index (χ1n) is 10.2. The van der Waals surface area contributed by atoms with Gasteiger partial charge in [-0.1, -0.05) is 62.3 Å². The third-order valence-electron chi connectivity index (χ3n) is 5.92. The molecule has 4 heteroatoms. The molecule has 0 atom stereocenters. The minimum absolute atomic E-state index is 0. The molecule has 0 spiro atoms. The predicted molar refractivity (Wildman–Crippen MR) is 107 cm³/mol. The van der Waals surface area contributed by atoms with Gasteiger partial charge in [-0.15, -0.1) is 0 Å². The topological polar surface area (TPSA) is 60.7 Å². The molecule has 0 saturated carbocycles. The molecule has 153 valence electrons. The Morgan fingerprint density at radius 2 is 0.440 bits per heavy atom. The molecule has 0 aromatic carbocycles. The van der Waals surface area contributed by atoms with Crippen molar-refractivity contribution in [2.45, 2.75) is 137 Å². The summed E-state index contributed by atoms with van der Waals surface area (Å²) >= 11 is 0. The minimum atomic E-state index is -0.375. The standard InChI is InChI=1S/3C7H16O.Y/c3*1-4-7(8,5-2)6-3;/h3*8H,4-6H2,1-3H3;. The molecule has 3 nitrogen and oxygen atoms in total. The summed E-state index contributed by atoms with van der Waals surface area (Å²) in [6, 6.07) is 0. The van der Waals surface area contributed by atoms with Crippen LogP contribution < -0.4 is 0 Å². The molecule has 0 aromatic heterocycles. The van der Waals surface area contributed by atoms with Crippen LogP contribution in [0.15, 0.2) is 0 Å². The van der Waals surface area contributed by atoms with Crippen LogP contribution in [0.5, 0.6) is 0 Å². The van der Waals surface area contributed by atoms with E-state index in [1.54, 1.807) is 0 Å². The van der Waals surface area contributed by atoms with E-state index in [9.17, 15) is 15.3 Å². The Morgan fingerprint density at radius 3 is 0.440 bits per heavy atom. The normalized spacial score (nSPS) is 11.5. The summed E-state index contributed by atoms with van der Waals surface area (Å²) in [5, 5.41) is 28.3. The Bertz CT molecular complexity index is 190. The SMILES string of the molecule is CCC(O)(CC)CC.CCC(O)(CC)CC.CCC(O)(CC)CC.[Y]. The Balaban J connectivity index is -0.000000130. The molecule has 1 radical (unpaired) electrons. The van der Waals surface area contributed by atoms with Crippen molar-refractivity contribution in [3.05, 3.63) is 0 Å². The maximum absolute atomic E-state index is 9.44. The quantitative estimate of drug-likeness (QED) is 0.425. The molecular formula is C21H48O3Y. The summed E-state index contributed by atoms with van der Waals surface area (Å²) in [6.07, 6.45) is 7.88. The van der Waals surface area contributed by atoms with Crippen LogP contribution in [0.25, 0.3) is 0 Å². The zero-order valence-electron chi connectivity index (χ0n) is 18.8. The van der Waals surface area contributed by atoms with Crippen LogP contribution in [0.4, 0.5) is 0 Å². The summed E-state index contributed by atoms with van der Waals surface area (Å²) < 4.78 is 0. The van der Waals surface area contributed by atoms with E-state index < -0.39 is 0 Å². The molecular weight excluding hydrogens is 389 g/mol. The van der Waals surface area contributed by atoms with E-state index in [0.29, 0.717) is 0 Å². The molecule has 0 aliphatic heterocycles. The van der Waals surface area contributed by atoms with Crippen LogP contribution >= 0.6 is 0 Å². The molecule has 0 aliphatic carbocycles. The van der Waals surface area contributed by atoms with Crippen LogP contribution in [-0.2, 0) is 32.7 Å². The molecule has 0 amide bonds. The van der Waals surface area contributed by atoms with Crippen LogP contribution in [0.3, 0.4) is 0 Å². The Morgan fingerprint density at radius 1 is 0.360 bits per heavy atom. The van der Waals surface area contributed by atoms with E-state index in [-0.39, 0.29) is 49.5 Å². The predicted octanol–water partition coefficient (Wildman–Crippen LogP) is 5.84. The van der Waals surface area contributed by atoms with E-state index >= 15 is 0 Å². The van der Waals surface area contributed by atoms with Crippen molar-refractivity contribution in [2.75, 3.05) is 0 Å². The molecule has 0 rings (SSSR count). The number of hydrogen-bond acceptors (Lipinski definition) is 3. The van der Waals surface area contributed by atoms with Gasteiger partial charge in [0, 0.05) is 32.7 Å². The fraction of sp³-hybridized carbons (Fsp3) is 1.00. The molecule has 0 bridgehead atoms. The maximum atomic E-state index is 9.44. The zero-order chi connectivity index (χ0) is 19.9. The van der Waals surface area contributed by atoms with E-state index in [0.717, 1.165) is 57.8 Å². The van der Waals surface area contributed by atoms with Gasteiger partial charge in [0.1, 0.15) is 0 Å². The van der Waals surface area contributed by atoms with Gasteiger partial charge >= 0.3 is 0 Å². The van der Waals surface area contributed by atoms with Crippen LogP contribution in [0.2, 0.25) is 0 Å². The molecule has 0 saturated heterocycles. The van der Waals surface area contributed by atoms with Gasteiger partial charge < -0.3 is 15.3 Å². The second-order valence-corrected chi connectivity index (χ2v) is 6.86. The maximum Gasteiger partial charge on any atom is 0.0640 e. The second-order valence-electron chi connectivity index (χ2n) is 6.86. The van der Waals surface area contributed by atoms with Crippen molar-refractivity contribution >= 4 is 0 Å². The van der Waals surface area contributed by atoms with Gasteiger partial charge in [0.05, 0.1) is 16.8 Å². The van der Waals surface area contributed by atoms with Crippen molar-refractivity contribution in [1.29, 1.82) is 0 Å². The first-order valence-corrected chi connectivity index (χ1v) is 10.2. The third kappa shape index (κ3) is 16.9. The average Bonchev–Trinajstić information content (AvgIpc) is 2.67. The Labute approximate surface area is 184 Å². The van der Waals surface area contributed by atoms with Gasteiger partial charge in [-0.3, -0.25) is 0 Å². The van der Waals surface area contributed by atoms with E-state index in [2.05, 4.69) is 0 Å². The van der Waals surface area contributed by atoms with Crippen molar-refractivity contribution in [2.24, 2.45) is 0 Å². The third-order valence-corrected chi connectivity index (χ3v) is 5.92. The Kier molecular flexibility index (Phi) is 24.6. The van der Waals surface area contributed by atoms with E-state index in [1.807, 2.05) is 62.3 Å². The fourth-order valence-electron chi connectivity index (χ4n) is 2.25. The van der Waals surface area contributed by atoms with Crippen molar-refractivity contribution in [3.8, 4) is 0 Å². The van der Waals surface area contributed by atoms with Crippen molar-refractivity contribution < 1.29 is 48.0 Å². The largest absolute Gasteiger partial charge is 0.390 e. The van der Waals surface area contributed by atoms with E-state index in [4.69, 9.17) is 0 Å². The van der Waals surface area contributed by atoms with E-state index in [1.165, 1.54) is 0 Å². The molecule has 0 aliphatic rings. The summed E-state index contributed by atoms with van der Waals surface area (Å²) in [4.78, 5) is 0. The fourth-order valence-corrected chi connectivity index (χ4v) is 2.25. The molecule has 0 aromatic rings. The van der Waals surface area contributed by atoms with Gasteiger partial charge in [0.2, 0.25) is 0 Å². The zero-order valence-corrected chi connectivity index (χ0v) is 21.6. The second kappa shape index (κ2) is 18.4. The van der Waals surface area contributed by atoms with Gasteiger partial charge in [-0.25, -0.2) is 0 Å². The Hall–Kier alpha value is 0.984. The summed E-state index contributed by atoms with van der Waals surface area (Å²) in [7, 11) is 0. The minimum Gasteiger partial charge on any atom is -0.390 e. The van der Waals surface area contributed by atoms with Crippen molar-refractivity contribution in [1.82, 2.24) is 0 Å². The first-order chi connectivity index (χ1) is 11.0. The molecule has 25 heavy (non-hydrogen) atoms. The van der Waals surface area contributed by atoms with Crippen LogP contribution in [-0.4, -0.2) is 32.1 Å². The van der Waals surface area contributed by atoms with Gasteiger partial charge in [-0.2, -0.15) is 0 Å². The van der Waals surface area contributed by atoms with Crippen LogP contribution in [0, 0.1) is 0 Å². The smallest absolute Gasteiger partial charge is 0.0640 e.